The van der Waals surface area contributed by atoms with Crippen LogP contribution in [0.2, 0.25) is 0 Å². The molecule has 0 aliphatic carbocycles. The standard InChI is InChI=1S/C6H8NO2S.Rb/c1-3-6(2)4(8)7-5(9)10-6;/h3H,1-2H3,(H,7,8,9);/q-1;+1. The summed E-state index contributed by atoms with van der Waals surface area (Å²) < 4.78 is -0.642. The molecule has 1 N–H and O–H groups in total. The Morgan fingerprint density at radius 2 is 2.09 bits per heavy atom. The van der Waals surface area contributed by atoms with E-state index in [4.69, 9.17) is 0 Å². The van der Waals surface area contributed by atoms with Crippen molar-refractivity contribution in [3.8, 4) is 0 Å². The van der Waals surface area contributed by atoms with Gasteiger partial charge in [0.1, 0.15) is 0 Å². The van der Waals surface area contributed by atoms with Gasteiger partial charge in [0.25, 0.3) is 5.24 Å². The Kier molecular flexibility index (Phi) is 5.04. The number of hydrogen-bond donors (Lipinski definition) is 1. The van der Waals surface area contributed by atoms with Crippen LogP contribution >= 0.6 is 11.8 Å². The van der Waals surface area contributed by atoms with Gasteiger partial charge in [-0.1, -0.05) is 18.7 Å². The Hall–Kier alpha value is 1.30. The third-order valence-electron chi connectivity index (χ3n) is 1.52. The van der Waals surface area contributed by atoms with E-state index >= 15 is 0 Å². The normalized spacial score (nSPS) is 29.6. The molecular weight excluding hydrogens is 236 g/mol. The molecule has 0 aromatic rings. The van der Waals surface area contributed by atoms with Crippen LogP contribution in [-0.2, 0) is 4.79 Å². The van der Waals surface area contributed by atoms with Crippen LogP contribution in [0, 0.1) is 6.42 Å². The Balaban J connectivity index is 0.000001000. The number of hydrogen-bond acceptors (Lipinski definition) is 3. The Morgan fingerprint density at radius 1 is 1.55 bits per heavy atom. The fourth-order valence-electron chi connectivity index (χ4n) is 0.671. The first-order valence-corrected chi connectivity index (χ1v) is 3.75. The van der Waals surface area contributed by atoms with Gasteiger partial charge in [0.05, 0.1) is 0 Å². The predicted molar refractivity (Wildman–Crippen MR) is 39.5 cm³/mol. The van der Waals surface area contributed by atoms with E-state index in [0.29, 0.717) is 0 Å². The number of amides is 2. The zero-order valence-electron chi connectivity index (χ0n) is 6.80. The molecule has 1 rings (SSSR count). The Bertz CT molecular complexity index is 197. The molecule has 1 unspecified atom stereocenters. The van der Waals surface area contributed by atoms with Crippen molar-refractivity contribution >= 4 is 22.9 Å². The minimum absolute atomic E-state index is 0. The van der Waals surface area contributed by atoms with Gasteiger partial charge in [0.15, 0.2) is 0 Å². The molecule has 5 heteroatoms. The van der Waals surface area contributed by atoms with Crippen molar-refractivity contribution in [2.45, 2.75) is 18.6 Å². The zero-order chi connectivity index (χ0) is 7.78. The molecule has 0 saturated carbocycles. The molecule has 1 saturated heterocycles. The van der Waals surface area contributed by atoms with Crippen molar-refractivity contribution in [1.29, 1.82) is 0 Å². The molecule has 0 bridgehead atoms. The third-order valence-corrected chi connectivity index (χ3v) is 2.65. The third kappa shape index (κ3) is 2.62. The van der Waals surface area contributed by atoms with Gasteiger partial charge >= 0.3 is 58.2 Å². The molecule has 3 nitrogen and oxygen atoms in total. The van der Waals surface area contributed by atoms with E-state index in [-0.39, 0.29) is 69.3 Å². The molecule has 0 aromatic carbocycles. The molecule has 11 heavy (non-hydrogen) atoms. The van der Waals surface area contributed by atoms with Crippen molar-refractivity contribution in [2.24, 2.45) is 0 Å². The summed E-state index contributed by atoms with van der Waals surface area (Å²) in [5.74, 6) is -0.218. The molecule has 1 heterocycles. The van der Waals surface area contributed by atoms with E-state index in [9.17, 15) is 9.59 Å². The summed E-state index contributed by atoms with van der Waals surface area (Å²) in [6, 6.07) is 0. The van der Waals surface area contributed by atoms with Gasteiger partial charge in [0, 0.05) is 0 Å². The van der Waals surface area contributed by atoms with E-state index in [1.807, 2.05) is 0 Å². The minimum Gasteiger partial charge on any atom is -0.306 e. The maximum atomic E-state index is 11.0. The van der Waals surface area contributed by atoms with E-state index in [0.717, 1.165) is 11.8 Å². The van der Waals surface area contributed by atoms with Crippen molar-refractivity contribution in [3.63, 3.8) is 0 Å². The van der Waals surface area contributed by atoms with Gasteiger partial charge < -0.3 is 6.42 Å². The first-order valence-electron chi connectivity index (χ1n) is 2.93. The van der Waals surface area contributed by atoms with Crippen LogP contribution in [0.5, 0.6) is 0 Å². The second kappa shape index (κ2) is 4.51. The summed E-state index contributed by atoms with van der Waals surface area (Å²) >= 11 is 1.02. The van der Waals surface area contributed by atoms with Gasteiger partial charge in [0.2, 0.25) is 5.91 Å². The topological polar surface area (TPSA) is 46.2 Å². The first-order chi connectivity index (χ1) is 4.58. The molecule has 56 valence electrons. The van der Waals surface area contributed by atoms with Gasteiger partial charge in [-0.05, 0) is 4.75 Å². The minimum atomic E-state index is -0.642. The van der Waals surface area contributed by atoms with Crippen molar-refractivity contribution < 1.29 is 67.8 Å². The quantitative estimate of drug-likeness (QED) is 0.540. The first kappa shape index (κ1) is 12.3. The predicted octanol–water partition coefficient (Wildman–Crippen LogP) is -2.04. The number of carbonyl (C=O) groups is 2. The Labute approximate surface area is 119 Å². The molecule has 1 atom stereocenters. The number of rotatable bonds is 1. The Morgan fingerprint density at radius 3 is 2.27 bits per heavy atom. The van der Waals surface area contributed by atoms with Crippen molar-refractivity contribution in [3.05, 3.63) is 6.42 Å². The van der Waals surface area contributed by atoms with Crippen LogP contribution in [0.15, 0.2) is 0 Å². The van der Waals surface area contributed by atoms with E-state index in [1.54, 1.807) is 20.3 Å². The molecule has 1 aliphatic rings. The zero-order valence-corrected chi connectivity index (χ0v) is 12.5. The van der Waals surface area contributed by atoms with Gasteiger partial charge in [-0.2, -0.15) is 6.92 Å². The average molecular weight is 244 g/mol. The maximum absolute atomic E-state index is 11.0. The average Bonchev–Trinajstić information content (AvgIpc) is 2.09. The fraction of sp³-hybridized carbons (Fsp3) is 0.500. The SMILES string of the molecule is C[CH-]C1(C)SC(=O)NC1=O.[Rb+]. The monoisotopic (exact) mass is 243 g/mol. The summed E-state index contributed by atoms with van der Waals surface area (Å²) in [5.41, 5.74) is 0. The summed E-state index contributed by atoms with van der Waals surface area (Å²) in [7, 11) is 0. The summed E-state index contributed by atoms with van der Waals surface area (Å²) in [5, 5.41) is 1.95. The second-order valence-electron chi connectivity index (χ2n) is 2.24. The second-order valence-corrected chi connectivity index (χ2v) is 3.66. The number of imide groups is 1. The summed E-state index contributed by atoms with van der Waals surface area (Å²) in [4.78, 5) is 21.6. The van der Waals surface area contributed by atoms with Crippen LogP contribution in [0.3, 0.4) is 0 Å². The molecule has 1 aliphatic heterocycles. The van der Waals surface area contributed by atoms with Gasteiger partial charge in [-0.25, -0.2) is 0 Å². The molecule has 0 aromatic heterocycles. The van der Waals surface area contributed by atoms with Gasteiger partial charge in [-0.15, -0.1) is 0 Å². The van der Waals surface area contributed by atoms with Crippen LogP contribution in [0.25, 0.3) is 0 Å². The maximum Gasteiger partial charge on any atom is 1.00 e. The van der Waals surface area contributed by atoms with Gasteiger partial charge in [-0.3, -0.25) is 14.9 Å². The van der Waals surface area contributed by atoms with Crippen molar-refractivity contribution in [1.82, 2.24) is 5.32 Å². The molecular formula is C6H8NO2RbS. The summed E-state index contributed by atoms with van der Waals surface area (Å²) in [6.45, 7) is 3.49. The summed E-state index contributed by atoms with van der Waals surface area (Å²) in [6.07, 6.45) is 1.72. The largest absolute Gasteiger partial charge is 1.00 e. The van der Waals surface area contributed by atoms with Crippen LogP contribution in [0.1, 0.15) is 13.8 Å². The smallest absolute Gasteiger partial charge is 0.306 e. The number of thioether (sulfide) groups is 1. The van der Waals surface area contributed by atoms with Crippen LogP contribution in [0.4, 0.5) is 4.79 Å². The molecule has 1 fully saturated rings. The van der Waals surface area contributed by atoms with Crippen LogP contribution in [-0.4, -0.2) is 15.9 Å². The molecule has 0 spiro atoms. The van der Waals surface area contributed by atoms with E-state index in [1.165, 1.54) is 0 Å². The number of carbonyl (C=O) groups excluding carboxylic acids is 2. The fourth-order valence-corrected chi connectivity index (χ4v) is 1.46. The molecule has 2 amide bonds. The molecule has 0 radical (unpaired) electrons. The van der Waals surface area contributed by atoms with E-state index < -0.39 is 4.75 Å². The van der Waals surface area contributed by atoms with Crippen molar-refractivity contribution in [2.75, 3.05) is 0 Å². The number of nitrogens with one attached hydrogen (secondary N) is 1. The van der Waals surface area contributed by atoms with Crippen LogP contribution < -0.4 is 63.5 Å². The van der Waals surface area contributed by atoms with E-state index in [2.05, 4.69) is 5.32 Å².